The van der Waals surface area contributed by atoms with Crippen molar-refractivity contribution in [3.8, 4) is 0 Å². The summed E-state index contributed by atoms with van der Waals surface area (Å²) in [5.74, 6) is -0.185. The number of nitrogens with zero attached hydrogens (tertiary/aromatic N) is 1. The number of rotatable bonds is 6. The highest BCUT2D eigenvalue weighted by molar-refractivity contribution is 7.90. The Morgan fingerprint density at radius 3 is 2.48 bits per heavy atom. The summed E-state index contributed by atoms with van der Waals surface area (Å²) in [6.07, 6.45) is 1.87. The Labute approximate surface area is 128 Å². The molecule has 2 rings (SSSR count). The molecule has 0 amide bonds. The molecule has 0 spiro atoms. The van der Waals surface area contributed by atoms with Crippen LogP contribution in [0, 0.1) is 0 Å². The number of carbonyl (C=O) groups is 1. The molecule has 0 radical (unpaired) electrons. The van der Waals surface area contributed by atoms with Gasteiger partial charge in [0.25, 0.3) is 0 Å². The molecule has 1 aromatic carbocycles. The van der Waals surface area contributed by atoms with Gasteiger partial charge in [-0.1, -0.05) is 19.1 Å². The van der Waals surface area contributed by atoms with Crippen molar-refractivity contribution in [1.82, 2.24) is 4.98 Å². The first-order valence-corrected chi connectivity index (χ1v) is 9.22. The number of aromatic nitrogens is 1. The average molecular weight is 323 g/mol. The third-order valence-corrected chi connectivity index (χ3v) is 5.64. The van der Waals surface area contributed by atoms with Crippen LogP contribution in [0.25, 0.3) is 0 Å². The van der Waals surface area contributed by atoms with Gasteiger partial charge in [-0.15, -0.1) is 11.3 Å². The molecule has 2 aromatic rings. The summed E-state index contributed by atoms with van der Waals surface area (Å²) in [6.45, 7) is 3.52. The fourth-order valence-corrected chi connectivity index (χ4v) is 4.18. The molecule has 6 heteroatoms. The Balaban J connectivity index is 2.18. The summed E-state index contributed by atoms with van der Waals surface area (Å²) in [5.41, 5.74) is 1.09. The van der Waals surface area contributed by atoms with E-state index in [0.29, 0.717) is 11.3 Å². The lowest BCUT2D eigenvalue weighted by atomic mass is 10.2. The van der Waals surface area contributed by atoms with Crippen LogP contribution in [0.4, 0.5) is 0 Å². The van der Waals surface area contributed by atoms with Crippen molar-refractivity contribution in [2.24, 2.45) is 0 Å². The zero-order valence-electron chi connectivity index (χ0n) is 12.0. The predicted molar refractivity (Wildman–Crippen MR) is 83.4 cm³/mol. The monoisotopic (exact) mass is 323 g/mol. The number of ketones is 1. The van der Waals surface area contributed by atoms with E-state index in [1.54, 1.807) is 17.5 Å². The average Bonchev–Trinajstić information content (AvgIpc) is 2.86. The Morgan fingerprint density at radius 2 is 1.90 bits per heavy atom. The largest absolute Gasteiger partial charge is 0.295 e. The maximum absolute atomic E-state index is 12.3. The molecular formula is C15H17NO3S2. The van der Waals surface area contributed by atoms with E-state index in [1.165, 1.54) is 30.4 Å². The maximum Gasteiger partial charge on any atom is 0.184 e. The Morgan fingerprint density at radius 1 is 1.24 bits per heavy atom. The zero-order chi connectivity index (χ0) is 15.5. The van der Waals surface area contributed by atoms with Gasteiger partial charge in [-0.25, -0.2) is 13.4 Å². The SMILES string of the molecule is CCCc1nc(CS(=O)(=O)c2ccc(C(C)=O)cc2)cs1. The van der Waals surface area contributed by atoms with E-state index in [1.807, 2.05) is 0 Å². The molecule has 0 aliphatic heterocycles. The van der Waals surface area contributed by atoms with Crippen molar-refractivity contribution in [1.29, 1.82) is 0 Å². The van der Waals surface area contributed by atoms with Crippen molar-refractivity contribution in [3.05, 3.63) is 45.9 Å². The lowest BCUT2D eigenvalue weighted by molar-refractivity contribution is 0.101. The summed E-state index contributed by atoms with van der Waals surface area (Å²) in [5, 5.41) is 2.77. The van der Waals surface area contributed by atoms with Gasteiger partial charge in [0.1, 0.15) is 0 Å². The third-order valence-electron chi connectivity index (χ3n) is 3.02. The number of carbonyl (C=O) groups excluding carboxylic acids is 1. The minimum Gasteiger partial charge on any atom is -0.295 e. The molecule has 0 saturated heterocycles. The van der Waals surface area contributed by atoms with Crippen molar-refractivity contribution >= 4 is 27.0 Å². The second kappa shape index (κ2) is 6.49. The number of aryl methyl sites for hydroxylation is 1. The Hall–Kier alpha value is -1.53. The topological polar surface area (TPSA) is 64.1 Å². The van der Waals surface area contributed by atoms with E-state index in [9.17, 15) is 13.2 Å². The predicted octanol–water partition coefficient (Wildman–Crippen LogP) is 3.27. The molecule has 0 unspecified atom stereocenters. The molecule has 112 valence electrons. The van der Waals surface area contributed by atoms with Gasteiger partial charge >= 0.3 is 0 Å². The fraction of sp³-hybridized carbons (Fsp3) is 0.333. The van der Waals surface area contributed by atoms with Gasteiger partial charge in [0.15, 0.2) is 15.6 Å². The molecule has 1 aromatic heterocycles. The number of thiazole rings is 1. The highest BCUT2D eigenvalue weighted by Gasteiger charge is 2.17. The van der Waals surface area contributed by atoms with Crippen LogP contribution in [0.2, 0.25) is 0 Å². The zero-order valence-corrected chi connectivity index (χ0v) is 13.6. The van der Waals surface area contributed by atoms with Crippen LogP contribution < -0.4 is 0 Å². The molecule has 4 nitrogen and oxygen atoms in total. The summed E-state index contributed by atoms with van der Waals surface area (Å²) in [4.78, 5) is 15.8. The highest BCUT2D eigenvalue weighted by Crippen LogP contribution is 2.19. The van der Waals surface area contributed by atoms with Crippen molar-refractivity contribution < 1.29 is 13.2 Å². The highest BCUT2D eigenvalue weighted by atomic mass is 32.2. The van der Waals surface area contributed by atoms with Gasteiger partial charge in [-0.3, -0.25) is 4.79 Å². The normalized spacial score (nSPS) is 11.5. The Bertz CT molecular complexity index is 731. The van der Waals surface area contributed by atoms with Crippen LogP contribution in [0.1, 0.15) is 41.3 Å². The lowest BCUT2D eigenvalue weighted by Crippen LogP contribution is -2.06. The van der Waals surface area contributed by atoms with Gasteiger partial charge in [-0.05, 0) is 31.9 Å². The van der Waals surface area contributed by atoms with Crippen LogP contribution >= 0.6 is 11.3 Å². The number of hydrogen-bond donors (Lipinski definition) is 0. The molecule has 0 aliphatic rings. The van der Waals surface area contributed by atoms with Crippen LogP contribution in [0.15, 0.2) is 34.5 Å². The van der Waals surface area contributed by atoms with Crippen LogP contribution in [0.5, 0.6) is 0 Å². The molecule has 21 heavy (non-hydrogen) atoms. The quantitative estimate of drug-likeness (QED) is 0.765. The minimum absolute atomic E-state index is 0.0809. The summed E-state index contributed by atoms with van der Waals surface area (Å²) < 4.78 is 24.7. The molecule has 0 bridgehead atoms. The summed E-state index contributed by atoms with van der Waals surface area (Å²) in [6, 6.07) is 6.04. The minimum atomic E-state index is -3.42. The van der Waals surface area contributed by atoms with E-state index in [4.69, 9.17) is 0 Å². The van der Waals surface area contributed by atoms with E-state index in [2.05, 4.69) is 11.9 Å². The molecule has 0 aliphatic carbocycles. The standard InChI is InChI=1S/C15H17NO3S2/c1-3-4-15-16-13(9-20-15)10-21(18,19)14-7-5-12(6-8-14)11(2)17/h5-9H,3-4,10H2,1-2H3. The molecule has 0 fully saturated rings. The summed E-state index contributed by atoms with van der Waals surface area (Å²) >= 11 is 1.50. The van der Waals surface area contributed by atoms with Crippen LogP contribution in [-0.4, -0.2) is 19.2 Å². The van der Waals surface area contributed by atoms with E-state index < -0.39 is 9.84 Å². The van der Waals surface area contributed by atoms with Crippen molar-refractivity contribution in [2.45, 2.75) is 37.3 Å². The van der Waals surface area contributed by atoms with E-state index in [-0.39, 0.29) is 16.4 Å². The number of Topliss-reactive ketones (excluding diaryl/α,β-unsaturated/α-hetero) is 1. The van der Waals surface area contributed by atoms with E-state index >= 15 is 0 Å². The second-order valence-corrected chi connectivity index (χ2v) is 7.75. The van der Waals surface area contributed by atoms with Gasteiger partial charge in [0.05, 0.1) is 21.3 Å². The smallest absolute Gasteiger partial charge is 0.184 e. The number of benzene rings is 1. The Kier molecular flexibility index (Phi) is 4.90. The van der Waals surface area contributed by atoms with Gasteiger partial charge in [0, 0.05) is 10.9 Å². The molecule has 1 heterocycles. The second-order valence-electron chi connectivity index (χ2n) is 4.82. The van der Waals surface area contributed by atoms with Crippen molar-refractivity contribution in [2.75, 3.05) is 0 Å². The maximum atomic E-state index is 12.3. The summed E-state index contributed by atoms with van der Waals surface area (Å²) in [7, 11) is -3.42. The van der Waals surface area contributed by atoms with Crippen LogP contribution in [0.3, 0.4) is 0 Å². The third kappa shape index (κ3) is 3.98. The van der Waals surface area contributed by atoms with Gasteiger partial charge < -0.3 is 0 Å². The van der Waals surface area contributed by atoms with Crippen LogP contribution in [-0.2, 0) is 22.0 Å². The fourth-order valence-electron chi connectivity index (χ4n) is 1.92. The molecule has 0 atom stereocenters. The van der Waals surface area contributed by atoms with Gasteiger partial charge in [-0.2, -0.15) is 0 Å². The molecular weight excluding hydrogens is 306 g/mol. The first-order valence-electron chi connectivity index (χ1n) is 6.69. The van der Waals surface area contributed by atoms with Crippen molar-refractivity contribution in [3.63, 3.8) is 0 Å². The first-order chi connectivity index (χ1) is 9.92. The number of hydrogen-bond acceptors (Lipinski definition) is 5. The van der Waals surface area contributed by atoms with Gasteiger partial charge in [0.2, 0.25) is 0 Å². The van der Waals surface area contributed by atoms with E-state index in [0.717, 1.165) is 17.8 Å². The lowest BCUT2D eigenvalue weighted by Gasteiger charge is -2.03. The first kappa shape index (κ1) is 15.9. The molecule has 0 N–H and O–H groups in total. The molecule has 0 saturated carbocycles. The number of sulfone groups is 1.